The van der Waals surface area contributed by atoms with E-state index in [1.54, 1.807) is 19.2 Å². The fourth-order valence-electron chi connectivity index (χ4n) is 2.77. The van der Waals surface area contributed by atoms with Crippen LogP contribution in [0, 0.1) is 0 Å². The van der Waals surface area contributed by atoms with Crippen LogP contribution in [0.15, 0.2) is 59.8 Å². The van der Waals surface area contributed by atoms with Gasteiger partial charge in [0.1, 0.15) is 5.01 Å². The maximum atomic E-state index is 12.3. The van der Waals surface area contributed by atoms with Crippen LogP contribution in [0.2, 0.25) is 5.02 Å². The number of nitrogens with one attached hydrogen (secondary N) is 1. The summed E-state index contributed by atoms with van der Waals surface area (Å²) in [4.78, 5) is 23.3. The van der Waals surface area contributed by atoms with E-state index in [4.69, 9.17) is 26.2 Å². The van der Waals surface area contributed by atoms with Gasteiger partial charge in [0.15, 0.2) is 12.7 Å². The van der Waals surface area contributed by atoms with E-state index in [9.17, 15) is 4.79 Å². The van der Waals surface area contributed by atoms with Crippen molar-refractivity contribution in [2.75, 3.05) is 14.2 Å². The molecule has 3 rings (SSSR count). The first-order valence-electron chi connectivity index (χ1n) is 9.25. The monoisotopic (exact) mass is 443 g/mol. The SMILES string of the molecule is CNC(=O)C(OC)c1sc(-c2ccccc2)nc1CON=C(C)c1ccc(Cl)cc1. The van der Waals surface area contributed by atoms with Gasteiger partial charge in [0, 0.05) is 24.7 Å². The fraction of sp³-hybridized carbons (Fsp3) is 0.227. The zero-order valence-electron chi connectivity index (χ0n) is 16.9. The molecule has 0 fully saturated rings. The zero-order chi connectivity index (χ0) is 21.5. The molecule has 1 atom stereocenters. The van der Waals surface area contributed by atoms with Gasteiger partial charge in [-0.25, -0.2) is 4.98 Å². The first-order valence-corrected chi connectivity index (χ1v) is 10.4. The molecule has 0 spiro atoms. The van der Waals surface area contributed by atoms with Crippen LogP contribution in [0.5, 0.6) is 0 Å². The highest BCUT2D eigenvalue weighted by Gasteiger charge is 2.26. The number of rotatable bonds is 8. The van der Waals surface area contributed by atoms with Crippen LogP contribution in [0.3, 0.4) is 0 Å². The number of nitrogens with zero attached hydrogens (tertiary/aromatic N) is 2. The topological polar surface area (TPSA) is 72.8 Å². The van der Waals surface area contributed by atoms with Crippen molar-refractivity contribution >= 4 is 34.6 Å². The second kappa shape index (κ2) is 10.3. The third-order valence-electron chi connectivity index (χ3n) is 4.37. The Balaban J connectivity index is 1.86. The van der Waals surface area contributed by atoms with E-state index < -0.39 is 6.10 Å². The lowest BCUT2D eigenvalue weighted by Crippen LogP contribution is -2.27. The van der Waals surface area contributed by atoms with Gasteiger partial charge in [-0.15, -0.1) is 11.3 Å². The summed E-state index contributed by atoms with van der Waals surface area (Å²) < 4.78 is 5.44. The Morgan fingerprint density at radius 3 is 2.53 bits per heavy atom. The molecule has 0 aliphatic carbocycles. The molecule has 8 heteroatoms. The average Bonchev–Trinajstić information content (AvgIpc) is 3.19. The van der Waals surface area contributed by atoms with Gasteiger partial charge in [-0.3, -0.25) is 4.79 Å². The standard InChI is InChI=1S/C22H22ClN3O3S/c1-14(15-9-11-17(23)12-10-15)26-29-13-18-20(19(28-3)21(27)24-2)30-22(25-18)16-7-5-4-6-8-16/h4-12,19H,13H2,1-3H3,(H,24,27). The number of benzene rings is 2. The molecule has 1 heterocycles. The summed E-state index contributed by atoms with van der Waals surface area (Å²) in [6.07, 6.45) is -0.773. The van der Waals surface area contributed by atoms with Crippen molar-refractivity contribution in [1.29, 1.82) is 0 Å². The number of amides is 1. The number of ether oxygens (including phenoxy) is 1. The fourth-order valence-corrected chi connectivity index (χ4v) is 4.05. The van der Waals surface area contributed by atoms with Crippen LogP contribution in [-0.2, 0) is 21.0 Å². The third kappa shape index (κ3) is 5.24. The van der Waals surface area contributed by atoms with Gasteiger partial charge in [0.05, 0.1) is 16.3 Å². The van der Waals surface area contributed by atoms with Crippen molar-refractivity contribution in [2.24, 2.45) is 5.16 Å². The summed E-state index contributed by atoms with van der Waals surface area (Å²) in [5.41, 5.74) is 3.19. The van der Waals surface area contributed by atoms with Crippen LogP contribution < -0.4 is 5.32 Å². The van der Waals surface area contributed by atoms with Crippen LogP contribution >= 0.6 is 22.9 Å². The predicted molar refractivity (Wildman–Crippen MR) is 120 cm³/mol. The molecule has 0 saturated carbocycles. The molecule has 0 saturated heterocycles. The number of thiazole rings is 1. The Morgan fingerprint density at radius 2 is 1.90 bits per heavy atom. The molecule has 30 heavy (non-hydrogen) atoms. The largest absolute Gasteiger partial charge is 0.389 e. The molecule has 0 bridgehead atoms. The molecule has 156 valence electrons. The van der Waals surface area contributed by atoms with Gasteiger partial charge in [-0.2, -0.15) is 0 Å². The molecule has 0 aliphatic rings. The number of carbonyl (C=O) groups is 1. The van der Waals surface area contributed by atoms with Crippen molar-refractivity contribution in [3.05, 3.63) is 75.8 Å². The Kier molecular flexibility index (Phi) is 7.57. The van der Waals surface area contributed by atoms with Gasteiger partial charge < -0.3 is 14.9 Å². The molecule has 1 N–H and O–H groups in total. The number of oxime groups is 1. The van der Waals surface area contributed by atoms with Crippen molar-refractivity contribution in [3.63, 3.8) is 0 Å². The van der Waals surface area contributed by atoms with Crippen molar-refractivity contribution in [3.8, 4) is 10.6 Å². The van der Waals surface area contributed by atoms with Gasteiger partial charge >= 0.3 is 0 Å². The number of aromatic nitrogens is 1. The van der Waals surface area contributed by atoms with Crippen molar-refractivity contribution in [1.82, 2.24) is 10.3 Å². The Bertz CT molecular complexity index is 1020. The summed E-state index contributed by atoms with van der Waals surface area (Å²) in [6.45, 7) is 1.96. The lowest BCUT2D eigenvalue weighted by Gasteiger charge is -2.13. The predicted octanol–water partition coefficient (Wildman–Crippen LogP) is 4.84. The van der Waals surface area contributed by atoms with Crippen LogP contribution in [0.25, 0.3) is 10.6 Å². The summed E-state index contributed by atoms with van der Waals surface area (Å²) >= 11 is 7.33. The highest BCUT2D eigenvalue weighted by molar-refractivity contribution is 7.15. The van der Waals surface area contributed by atoms with Crippen LogP contribution in [0.4, 0.5) is 0 Å². The molecule has 2 aromatic carbocycles. The van der Waals surface area contributed by atoms with Crippen LogP contribution in [-0.4, -0.2) is 30.8 Å². The van der Waals surface area contributed by atoms with E-state index in [-0.39, 0.29) is 12.5 Å². The Hall–Kier alpha value is -2.74. The highest BCUT2D eigenvalue weighted by atomic mass is 35.5. The number of methoxy groups -OCH3 is 1. The van der Waals surface area contributed by atoms with Gasteiger partial charge in [0.2, 0.25) is 0 Å². The maximum absolute atomic E-state index is 12.3. The first kappa shape index (κ1) is 22.0. The number of carbonyl (C=O) groups excluding carboxylic acids is 1. The third-order valence-corrected chi connectivity index (χ3v) is 5.81. The number of halogens is 1. The van der Waals surface area contributed by atoms with E-state index >= 15 is 0 Å². The normalized spacial score (nSPS) is 12.5. The maximum Gasteiger partial charge on any atom is 0.254 e. The van der Waals surface area contributed by atoms with Gasteiger partial charge in [0.25, 0.3) is 5.91 Å². The highest BCUT2D eigenvalue weighted by Crippen LogP contribution is 2.34. The molecule has 0 aliphatic heterocycles. The lowest BCUT2D eigenvalue weighted by atomic mass is 10.1. The summed E-state index contributed by atoms with van der Waals surface area (Å²) in [5.74, 6) is -0.247. The van der Waals surface area contributed by atoms with E-state index in [2.05, 4.69) is 10.5 Å². The van der Waals surface area contributed by atoms with Gasteiger partial charge in [-0.1, -0.05) is 59.2 Å². The van der Waals surface area contributed by atoms with E-state index in [1.165, 1.54) is 18.4 Å². The zero-order valence-corrected chi connectivity index (χ0v) is 18.5. The molecule has 6 nitrogen and oxygen atoms in total. The van der Waals surface area contributed by atoms with Crippen molar-refractivity contribution in [2.45, 2.75) is 19.6 Å². The molecule has 0 radical (unpaired) electrons. The number of hydrogen-bond acceptors (Lipinski definition) is 6. The second-order valence-electron chi connectivity index (χ2n) is 6.38. The number of hydrogen-bond donors (Lipinski definition) is 1. The molecule has 3 aromatic rings. The molecule has 1 unspecified atom stereocenters. The molecular formula is C22H22ClN3O3S. The smallest absolute Gasteiger partial charge is 0.254 e. The number of likely N-dealkylation sites (N-methyl/N-ethyl adjacent to an activating group) is 1. The van der Waals surface area contributed by atoms with E-state index in [0.717, 1.165) is 16.1 Å². The summed E-state index contributed by atoms with van der Waals surface area (Å²) in [5, 5.41) is 8.26. The van der Waals surface area contributed by atoms with Crippen molar-refractivity contribution < 1.29 is 14.4 Å². The average molecular weight is 444 g/mol. The minimum Gasteiger partial charge on any atom is -0.389 e. The first-order chi connectivity index (χ1) is 14.5. The summed E-state index contributed by atoms with van der Waals surface area (Å²) in [6, 6.07) is 17.1. The quantitative estimate of drug-likeness (QED) is 0.399. The summed E-state index contributed by atoms with van der Waals surface area (Å²) in [7, 11) is 3.07. The molecule has 1 aromatic heterocycles. The Morgan fingerprint density at radius 1 is 1.20 bits per heavy atom. The Labute approximate surface area is 184 Å². The van der Waals surface area contributed by atoms with E-state index in [1.807, 2.05) is 49.4 Å². The minimum atomic E-state index is -0.773. The minimum absolute atomic E-state index is 0.112. The molecule has 1 amide bonds. The lowest BCUT2D eigenvalue weighted by molar-refractivity contribution is -0.130. The van der Waals surface area contributed by atoms with E-state index in [0.29, 0.717) is 21.3 Å². The van der Waals surface area contributed by atoms with Gasteiger partial charge in [-0.05, 0) is 24.6 Å². The van der Waals surface area contributed by atoms with Crippen LogP contribution in [0.1, 0.15) is 29.2 Å². The second-order valence-corrected chi connectivity index (χ2v) is 7.85. The molecular weight excluding hydrogens is 422 g/mol.